The molecule has 2 aromatic rings. The van der Waals surface area contributed by atoms with E-state index in [0.29, 0.717) is 0 Å². The first-order valence-corrected chi connectivity index (χ1v) is 6.82. The molecule has 0 atom stereocenters. The van der Waals surface area contributed by atoms with Crippen LogP contribution >= 0.6 is 0 Å². The van der Waals surface area contributed by atoms with Crippen molar-refractivity contribution in [1.29, 1.82) is 0 Å². The average molecular weight is 300 g/mol. The molecule has 1 heterocycles. The first kappa shape index (κ1) is 14.2. The maximum atomic E-state index is 13.5. The number of nitrogen functional groups attached to an aromatic ring is 1. The fourth-order valence-corrected chi connectivity index (χ4v) is 2.65. The van der Waals surface area contributed by atoms with E-state index in [9.17, 15) is 17.2 Å². The van der Waals surface area contributed by atoms with Crippen molar-refractivity contribution < 1.29 is 17.2 Å². The summed E-state index contributed by atoms with van der Waals surface area (Å²) in [6.45, 7) is 0. The minimum absolute atomic E-state index is 0.0248. The van der Waals surface area contributed by atoms with Crippen molar-refractivity contribution in [2.45, 2.75) is 5.03 Å². The summed E-state index contributed by atoms with van der Waals surface area (Å²) in [6.07, 6.45) is 1.23. The van der Waals surface area contributed by atoms with Crippen molar-refractivity contribution >= 4 is 21.4 Å². The van der Waals surface area contributed by atoms with E-state index < -0.39 is 32.4 Å². The Kier molecular flexibility index (Phi) is 3.81. The Morgan fingerprint density at radius 2 is 1.80 bits per heavy atom. The summed E-state index contributed by atoms with van der Waals surface area (Å²) >= 11 is 0. The SMILES string of the molecule is NNc1cccnc1S(=O)(=O)Nc1cccc(F)c1F. The number of benzene rings is 1. The van der Waals surface area contributed by atoms with Crippen LogP contribution in [-0.2, 0) is 10.0 Å². The molecule has 20 heavy (non-hydrogen) atoms. The number of rotatable bonds is 4. The molecule has 0 aliphatic rings. The van der Waals surface area contributed by atoms with Crippen LogP contribution in [0, 0.1) is 11.6 Å². The summed E-state index contributed by atoms with van der Waals surface area (Å²) in [4.78, 5) is 3.66. The summed E-state index contributed by atoms with van der Waals surface area (Å²) in [6, 6.07) is 5.99. The zero-order chi connectivity index (χ0) is 14.8. The van der Waals surface area contributed by atoms with E-state index in [0.717, 1.165) is 12.1 Å². The highest BCUT2D eigenvalue weighted by molar-refractivity contribution is 7.92. The number of nitrogens with zero attached hydrogens (tertiary/aromatic N) is 1. The maximum absolute atomic E-state index is 13.5. The van der Waals surface area contributed by atoms with Crippen molar-refractivity contribution in [3.8, 4) is 0 Å². The van der Waals surface area contributed by atoms with Crippen LogP contribution in [0.25, 0.3) is 0 Å². The monoisotopic (exact) mass is 300 g/mol. The molecule has 0 saturated carbocycles. The molecular formula is C11H10F2N4O2S. The van der Waals surface area contributed by atoms with Gasteiger partial charge < -0.3 is 5.43 Å². The molecule has 2 rings (SSSR count). The lowest BCUT2D eigenvalue weighted by Gasteiger charge is -2.11. The number of nitrogens with two attached hydrogens (primary N) is 1. The second kappa shape index (κ2) is 5.39. The number of nitrogens with one attached hydrogen (secondary N) is 2. The second-order valence-electron chi connectivity index (χ2n) is 3.71. The molecule has 1 aromatic carbocycles. The largest absolute Gasteiger partial charge is 0.321 e. The van der Waals surface area contributed by atoms with Gasteiger partial charge in [-0.25, -0.2) is 13.8 Å². The second-order valence-corrected chi connectivity index (χ2v) is 5.31. The van der Waals surface area contributed by atoms with E-state index in [4.69, 9.17) is 5.84 Å². The highest BCUT2D eigenvalue weighted by atomic mass is 32.2. The van der Waals surface area contributed by atoms with Crippen molar-refractivity contribution in [2.75, 3.05) is 10.1 Å². The average Bonchev–Trinajstić information content (AvgIpc) is 2.43. The molecule has 0 radical (unpaired) electrons. The van der Waals surface area contributed by atoms with Gasteiger partial charge in [-0.2, -0.15) is 8.42 Å². The Morgan fingerprint density at radius 3 is 2.50 bits per heavy atom. The Morgan fingerprint density at radius 1 is 1.10 bits per heavy atom. The van der Waals surface area contributed by atoms with E-state index in [-0.39, 0.29) is 5.69 Å². The van der Waals surface area contributed by atoms with Gasteiger partial charge in [0.05, 0.1) is 11.4 Å². The van der Waals surface area contributed by atoms with E-state index >= 15 is 0 Å². The maximum Gasteiger partial charge on any atom is 0.281 e. The summed E-state index contributed by atoms with van der Waals surface area (Å²) in [5, 5.41) is -0.425. The van der Waals surface area contributed by atoms with Gasteiger partial charge in [0.25, 0.3) is 10.0 Å². The van der Waals surface area contributed by atoms with Crippen LogP contribution in [0.3, 0.4) is 0 Å². The summed E-state index contributed by atoms with van der Waals surface area (Å²) < 4.78 is 52.6. The van der Waals surface area contributed by atoms with Gasteiger partial charge in [0.15, 0.2) is 11.6 Å². The lowest BCUT2D eigenvalue weighted by molar-refractivity contribution is 0.511. The Hall–Kier alpha value is -2.26. The van der Waals surface area contributed by atoms with Gasteiger partial charge in [-0.15, -0.1) is 0 Å². The zero-order valence-electron chi connectivity index (χ0n) is 9.97. The molecule has 0 bridgehead atoms. The fourth-order valence-electron chi connectivity index (χ4n) is 1.49. The lowest BCUT2D eigenvalue weighted by atomic mass is 10.3. The predicted octanol–water partition coefficient (Wildman–Crippen LogP) is 1.45. The van der Waals surface area contributed by atoms with Crippen molar-refractivity contribution in [3.63, 3.8) is 0 Å². The van der Waals surface area contributed by atoms with Crippen LogP contribution in [-0.4, -0.2) is 13.4 Å². The molecule has 6 nitrogen and oxygen atoms in total. The Balaban J connectivity index is 2.44. The minimum atomic E-state index is -4.21. The van der Waals surface area contributed by atoms with Gasteiger partial charge in [-0.1, -0.05) is 6.07 Å². The molecular weight excluding hydrogens is 290 g/mol. The van der Waals surface area contributed by atoms with Gasteiger partial charge in [-0.3, -0.25) is 10.6 Å². The van der Waals surface area contributed by atoms with E-state index in [1.807, 2.05) is 4.72 Å². The topological polar surface area (TPSA) is 97.1 Å². The van der Waals surface area contributed by atoms with Gasteiger partial charge in [0.1, 0.15) is 0 Å². The highest BCUT2D eigenvalue weighted by Gasteiger charge is 2.22. The number of aromatic nitrogens is 1. The van der Waals surface area contributed by atoms with Crippen LogP contribution in [0.5, 0.6) is 0 Å². The molecule has 0 aliphatic heterocycles. The lowest BCUT2D eigenvalue weighted by Crippen LogP contribution is -2.19. The van der Waals surface area contributed by atoms with E-state index in [2.05, 4.69) is 10.4 Å². The predicted molar refractivity (Wildman–Crippen MR) is 69.2 cm³/mol. The number of hydrogen-bond donors (Lipinski definition) is 3. The van der Waals surface area contributed by atoms with Crippen LogP contribution in [0.15, 0.2) is 41.6 Å². The molecule has 0 saturated heterocycles. The quantitative estimate of drug-likeness (QED) is 0.586. The number of sulfonamides is 1. The van der Waals surface area contributed by atoms with E-state index in [1.165, 1.54) is 24.4 Å². The Labute approximate surface area is 113 Å². The van der Waals surface area contributed by atoms with Crippen LogP contribution in [0.2, 0.25) is 0 Å². The van der Waals surface area contributed by atoms with Crippen molar-refractivity contribution in [3.05, 3.63) is 48.2 Å². The zero-order valence-corrected chi connectivity index (χ0v) is 10.8. The number of anilines is 2. The third-order valence-electron chi connectivity index (χ3n) is 2.38. The molecule has 4 N–H and O–H groups in total. The van der Waals surface area contributed by atoms with E-state index in [1.54, 1.807) is 0 Å². The molecule has 0 amide bonds. The molecule has 0 aliphatic carbocycles. The van der Waals surface area contributed by atoms with Gasteiger partial charge in [0, 0.05) is 6.20 Å². The Bertz CT molecular complexity index is 737. The van der Waals surface area contributed by atoms with Crippen molar-refractivity contribution in [1.82, 2.24) is 4.98 Å². The molecule has 9 heteroatoms. The smallest absolute Gasteiger partial charge is 0.281 e. The highest BCUT2D eigenvalue weighted by Crippen LogP contribution is 2.23. The normalized spacial score (nSPS) is 11.2. The van der Waals surface area contributed by atoms with Gasteiger partial charge in [0.2, 0.25) is 5.03 Å². The summed E-state index contributed by atoms with van der Waals surface area (Å²) in [7, 11) is -4.21. The van der Waals surface area contributed by atoms with Crippen molar-refractivity contribution in [2.24, 2.45) is 5.84 Å². The molecule has 0 spiro atoms. The standard InChI is InChI=1S/C11H10F2N4O2S/c12-7-3-1-4-8(10(7)13)17-20(18,19)11-9(16-14)5-2-6-15-11/h1-6,16-17H,14H2. The number of hydrazine groups is 1. The molecule has 0 fully saturated rings. The number of hydrogen-bond acceptors (Lipinski definition) is 5. The summed E-state index contributed by atoms with van der Waals surface area (Å²) in [5.74, 6) is 2.72. The third-order valence-corrected chi connectivity index (χ3v) is 3.70. The number of pyridine rings is 1. The molecule has 1 aromatic heterocycles. The first-order valence-electron chi connectivity index (χ1n) is 5.34. The molecule has 0 unspecified atom stereocenters. The minimum Gasteiger partial charge on any atom is -0.321 e. The first-order chi connectivity index (χ1) is 9.45. The third kappa shape index (κ3) is 2.68. The van der Waals surface area contributed by atoms with Crippen LogP contribution in [0.1, 0.15) is 0 Å². The van der Waals surface area contributed by atoms with Gasteiger partial charge >= 0.3 is 0 Å². The van der Waals surface area contributed by atoms with Crippen LogP contribution < -0.4 is 16.0 Å². The fraction of sp³-hybridized carbons (Fsp3) is 0. The summed E-state index contributed by atoms with van der Waals surface area (Å²) in [5.41, 5.74) is 1.67. The molecule has 106 valence electrons. The van der Waals surface area contributed by atoms with Crippen LogP contribution in [0.4, 0.5) is 20.2 Å². The van der Waals surface area contributed by atoms with Gasteiger partial charge in [-0.05, 0) is 24.3 Å². The number of halogens is 2.